The lowest BCUT2D eigenvalue weighted by atomic mass is 10.2. The fraction of sp³-hybridized carbons (Fsp3) is 0.294. The van der Waals surface area contributed by atoms with Crippen molar-refractivity contribution in [3.63, 3.8) is 0 Å². The van der Waals surface area contributed by atoms with Gasteiger partial charge in [-0.3, -0.25) is 9.59 Å². The molecule has 124 valence electrons. The summed E-state index contributed by atoms with van der Waals surface area (Å²) in [5.74, 6) is 0.213. The van der Waals surface area contributed by atoms with Gasteiger partial charge in [0, 0.05) is 5.69 Å². The van der Waals surface area contributed by atoms with Gasteiger partial charge in [-0.2, -0.15) is 5.10 Å². The van der Waals surface area contributed by atoms with E-state index in [0.717, 1.165) is 10.2 Å². The van der Waals surface area contributed by atoms with Crippen LogP contribution in [0.5, 0.6) is 0 Å². The molecule has 0 fully saturated rings. The van der Waals surface area contributed by atoms with Gasteiger partial charge in [-0.25, -0.2) is 4.68 Å². The molecule has 0 saturated carbocycles. The quantitative estimate of drug-likeness (QED) is 0.798. The molecule has 3 aromatic rings. The van der Waals surface area contributed by atoms with Crippen molar-refractivity contribution < 1.29 is 9.32 Å². The Hall–Kier alpha value is -2.96. The summed E-state index contributed by atoms with van der Waals surface area (Å²) in [7, 11) is 0. The van der Waals surface area contributed by atoms with Gasteiger partial charge in [0.15, 0.2) is 5.52 Å². The minimum Gasteiger partial charge on any atom is -0.360 e. The SMILES string of the molecule is Cc1cccc(NC(=O)[C@H](C)n2nc(C)c3c(C)onc3c2=O)c1. The van der Waals surface area contributed by atoms with Gasteiger partial charge in [0.2, 0.25) is 5.91 Å². The van der Waals surface area contributed by atoms with Gasteiger partial charge in [-0.1, -0.05) is 17.3 Å². The minimum absolute atomic E-state index is 0.190. The van der Waals surface area contributed by atoms with E-state index in [4.69, 9.17) is 4.52 Å². The Labute approximate surface area is 138 Å². The van der Waals surface area contributed by atoms with Crippen molar-refractivity contribution in [2.45, 2.75) is 33.7 Å². The highest BCUT2D eigenvalue weighted by Gasteiger charge is 2.22. The molecule has 0 radical (unpaired) electrons. The molecule has 1 atom stereocenters. The van der Waals surface area contributed by atoms with Crippen LogP contribution in [0, 0.1) is 20.8 Å². The number of rotatable bonds is 3. The molecule has 2 aromatic heterocycles. The molecule has 0 spiro atoms. The van der Waals surface area contributed by atoms with Gasteiger partial charge >= 0.3 is 0 Å². The number of fused-ring (bicyclic) bond motifs is 1. The van der Waals surface area contributed by atoms with E-state index >= 15 is 0 Å². The number of carbonyl (C=O) groups excluding carboxylic acids is 1. The molecule has 0 bridgehead atoms. The van der Waals surface area contributed by atoms with Crippen LogP contribution < -0.4 is 10.9 Å². The second-order valence-electron chi connectivity index (χ2n) is 5.83. The number of anilines is 1. The van der Waals surface area contributed by atoms with Gasteiger partial charge in [0.25, 0.3) is 5.56 Å². The summed E-state index contributed by atoms with van der Waals surface area (Å²) in [6, 6.07) is 6.67. The molecule has 7 nitrogen and oxygen atoms in total. The number of nitrogens with one attached hydrogen (secondary N) is 1. The highest BCUT2D eigenvalue weighted by Crippen LogP contribution is 2.18. The molecule has 0 unspecified atom stereocenters. The summed E-state index contributed by atoms with van der Waals surface area (Å²) in [6.45, 7) is 7.04. The van der Waals surface area contributed by atoms with Crippen LogP contribution in [0.25, 0.3) is 10.9 Å². The Bertz CT molecular complexity index is 987. The summed E-state index contributed by atoms with van der Waals surface area (Å²) >= 11 is 0. The van der Waals surface area contributed by atoms with E-state index < -0.39 is 11.6 Å². The first-order valence-electron chi connectivity index (χ1n) is 7.61. The van der Waals surface area contributed by atoms with Crippen LogP contribution in [0.4, 0.5) is 5.69 Å². The smallest absolute Gasteiger partial charge is 0.297 e. The van der Waals surface area contributed by atoms with E-state index in [1.165, 1.54) is 0 Å². The molecule has 1 amide bonds. The average Bonchev–Trinajstić information content (AvgIpc) is 2.93. The molecule has 7 heteroatoms. The maximum absolute atomic E-state index is 12.5. The Morgan fingerprint density at radius 1 is 1.29 bits per heavy atom. The molecule has 1 N–H and O–H groups in total. The monoisotopic (exact) mass is 326 g/mol. The molecule has 2 heterocycles. The maximum Gasteiger partial charge on any atom is 0.297 e. The van der Waals surface area contributed by atoms with Crippen molar-refractivity contribution in [3.8, 4) is 0 Å². The van der Waals surface area contributed by atoms with Crippen LogP contribution in [0.3, 0.4) is 0 Å². The summed E-state index contributed by atoms with van der Waals surface area (Å²) < 4.78 is 6.22. The summed E-state index contributed by atoms with van der Waals surface area (Å²) in [5, 5.41) is 11.5. The molecule has 1 aromatic carbocycles. The lowest BCUT2D eigenvalue weighted by Crippen LogP contribution is -2.34. The highest BCUT2D eigenvalue weighted by atomic mass is 16.5. The minimum atomic E-state index is -0.780. The normalized spacial score (nSPS) is 12.3. The third-order valence-electron chi connectivity index (χ3n) is 3.92. The van der Waals surface area contributed by atoms with Crippen molar-refractivity contribution >= 4 is 22.5 Å². The van der Waals surface area contributed by atoms with Gasteiger partial charge in [0.05, 0.1) is 11.1 Å². The lowest BCUT2D eigenvalue weighted by Gasteiger charge is -2.15. The van der Waals surface area contributed by atoms with Crippen LogP contribution in [0.1, 0.15) is 30.0 Å². The van der Waals surface area contributed by atoms with Gasteiger partial charge in [0.1, 0.15) is 11.8 Å². The first-order valence-corrected chi connectivity index (χ1v) is 7.61. The fourth-order valence-electron chi connectivity index (χ4n) is 2.65. The van der Waals surface area contributed by atoms with Crippen molar-refractivity contribution in [2.75, 3.05) is 5.32 Å². The zero-order chi connectivity index (χ0) is 17.4. The second-order valence-corrected chi connectivity index (χ2v) is 5.83. The van der Waals surface area contributed by atoms with Gasteiger partial charge < -0.3 is 9.84 Å². The first kappa shape index (κ1) is 15.9. The third kappa shape index (κ3) is 2.68. The number of hydrogen-bond donors (Lipinski definition) is 1. The van der Waals surface area contributed by atoms with Crippen molar-refractivity contribution in [1.82, 2.24) is 14.9 Å². The van der Waals surface area contributed by atoms with E-state index in [9.17, 15) is 9.59 Å². The standard InChI is InChI=1S/C17H18N4O3/c1-9-6-5-7-13(8-9)18-16(22)11(3)21-17(23)15-14(10(2)19-21)12(4)24-20-15/h5-8,11H,1-4H3,(H,18,22)/t11-/m0/s1. The van der Waals surface area contributed by atoms with E-state index in [-0.39, 0.29) is 11.4 Å². The van der Waals surface area contributed by atoms with Crippen molar-refractivity contribution in [2.24, 2.45) is 0 Å². The van der Waals surface area contributed by atoms with Crippen LogP contribution >= 0.6 is 0 Å². The summed E-state index contributed by atoms with van der Waals surface area (Å²) in [5.41, 5.74) is 2.05. The maximum atomic E-state index is 12.5. The van der Waals surface area contributed by atoms with Crippen molar-refractivity contribution in [1.29, 1.82) is 0 Å². The topological polar surface area (TPSA) is 90.0 Å². The van der Waals surface area contributed by atoms with E-state index in [2.05, 4.69) is 15.6 Å². The Morgan fingerprint density at radius 2 is 2.04 bits per heavy atom. The zero-order valence-electron chi connectivity index (χ0n) is 14.0. The number of aryl methyl sites for hydroxylation is 3. The van der Waals surface area contributed by atoms with Crippen LogP contribution in [0.2, 0.25) is 0 Å². The molecule has 24 heavy (non-hydrogen) atoms. The van der Waals surface area contributed by atoms with Gasteiger partial charge in [-0.15, -0.1) is 0 Å². The molecular weight excluding hydrogens is 308 g/mol. The van der Waals surface area contributed by atoms with Crippen molar-refractivity contribution in [3.05, 3.63) is 51.6 Å². The van der Waals surface area contributed by atoms with Crippen LogP contribution in [-0.4, -0.2) is 20.8 Å². The Balaban J connectivity index is 1.96. The van der Waals surface area contributed by atoms with Crippen LogP contribution in [-0.2, 0) is 4.79 Å². The summed E-state index contributed by atoms with van der Waals surface area (Å²) in [4.78, 5) is 25.0. The number of hydrogen-bond acceptors (Lipinski definition) is 5. The molecule has 0 aliphatic carbocycles. The number of benzene rings is 1. The first-order chi connectivity index (χ1) is 11.4. The summed E-state index contributed by atoms with van der Waals surface area (Å²) in [6.07, 6.45) is 0. The predicted molar refractivity (Wildman–Crippen MR) is 90.1 cm³/mol. The second kappa shape index (κ2) is 5.92. The average molecular weight is 326 g/mol. The van der Waals surface area contributed by atoms with E-state index in [1.807, 2.05) is 25.1 Å². The highest BCUT2D eigenvalue weighted by molar-refractivity contribution is 5.93. The number of nitrogens with zero attached hydrogens (tertiary/aromatic N) is 3. The fourth-order valence-corrected chi connectivity index (χ4v) is 2.65. The third-order valence-corrected chi connectivity index (χ3v) is 3.92. The van der Waals surface area contributed by atoms with Crippen LogP contribution in [0.15, 0.2) is 33.6 Å². The number of aromatic nitrogens is 3. The Kier molecular flexibility index (Phi) is 3.92. The zero-order valence-corrected chi connectivity index (χ0v) is 14.0. The molecular formula is C17H18N4O3. The number of carbonyl (C=O) groups is 1. The lowest BCUT2D eigenvalue weighted by molar-refractivity contribution is -0.119. The predicted octanol–water partition coefficient (Wildman–Crippen LogP) is 2.51. The van der Waals surface area contributed by atoms with Gasteiger partial charge in [-0.05, 0) is 45.4 Å². The largest absolute Gasteiger partial charge is 0.360 e. The molecule has 3 rings (SSSR count). The Morgan fingerprint density at radius 3 is 2.75 bits per heavy atom. The van der Waals surface area contributed by atoms with E-state index in [1.54, 1.807) is 26.8 Å². The molecule has 0 aliphatic rings. The number of amides is 1. The molecule has 0 aliphatic heterocycles. The molecule has 0 saturated heterocycles. The van der Waals surface area contributed by atoms with E-state index in [0.29, 0.717) is 22.5 Å².